The van der Waals surface area contributed by atoms with Crippen molar-refractivity contribution in [3.8, 4) is 0 Å². The molecule has 1 unspecified atom stereocenters. The Hall–Kier alpha value is -0.976. The maximum absolute atomic E-state index is 7.36. The maximum Gasteiger partial charge on any atom is 0.388 e. The van der Waals surface area contributed by atoms with E-state index in [1.54, 1.807) is 0 Å². The summed E-state index contributed by atoms with van der Waals surface area (Å²) in [6, 6.07) is 22.8. The van der Waals surface area contributed by atoms with E-state index in [1.165, 1.54) is 0 Å². The molecule has 1 atom stereocenters. The highest BCUT2D eigenvalue weighted by molar-refractivity contribution is 7.03. The third-order valence-electron chi connectivity index (χ3n) is 6.38. The Labute approximate surface area is 236 Å². The molecule has 0 saturated heterocycles. The van der Waals surface area contributed by atoms with Crippen LogP contribution in [-0.2, 0) is 16.5 Å². The molecule has 11 heteroatoms. The van der Waals surface area contributed by atoms with Crippen LogP contribution in [0.2, 0.25) is 57.9 Å². The minimum atomic E-state index is -3.22. The lowest BCUT2D eigenvalue weighted by Gasteiger charge is -2.45. The smallest absolute Gasteiger partial charge is 0.388 e. The average Bonchev–Trinajstić information content (AvgIpc) is 2.85. The van der Waals surface area contributed by atoms with Gasteiger partial charge in [-0.2, -0.15) is 0 Å². The molecule has 0 bridgehead atoms. The molecule has 0 saturated carbocycles. The van der Waals surface area contributed by atoms with E-state index < -0.39 is 42.3 Å². The third kappa shape index (κ3) is 9.89. The minimum absolute atomic E-state index is 0.648. The van der Waals surface area contributed by atoms with Crippen LogP contribution in [0.3, 0.4) is 0 Å². The van der Waals surface area contributed by atoms with E-state index in [0.717, 1.165) is 35.3 Å². The SMILES string of the molecule is C=C[Si](C)(O[Si](C)(C)O[Si](C)(C)CCCN)O[Si](O[Si](C)(C)CCCN)(c1ccccc1)c1ccccc1. The van der Waals surface area contributed by atoms with Crippen LogP contribution in [0.1, 0.15) is 12.8 Å². The summed E-state index contributed by atoms with van der Waals surface area (Å²) in [5.74, 6) is 0. The molecular formula is C27H50N2O4Si5. The van der Waals surface area contributed by atoms with Crippen LogP contribution in [0.15, 0.2) is 72.9 Å². The summed E-state index contributed by atoms with van der Waals surface area (Å²) in [6.07, 6.45) is 1.89. The molecule has 0 fully saturated rings. The monoisotopic (exact) mass is 606 g/mol. The highest BCUT2D eigenvalue weighted by atomic mass is 28.5. The molecule has 4 N–H and O–H groups in total. The zero-order valence-corrected chi connectivity index (χ0v) is 29.6. The summed E-state index contributed by atoms with van der Waals surface area (Å²) in [4.78, 5) is 0. The lowest BCUT2D eigenvalue weighted by molar-refractivity contribution is 0.309. The third-order valence-corrected chi connectivity index (χ3v) is 26.3. The quantitative estimate of drug-likeness (QED) is 0.249. The first-order chi connectivity index (χ1) is 17.7. The van der Waals surface area contributed by atoms with Crippen molar-refractivity contribution >= 4 is 52.7 Å². The molecule has 6 nitrogen and oxygen atoms in total. The minimum Gasteiger partial charge on any atom is -0.436 e. The van der Waals surface area contributed by atoms with Gasteiger partial charge in [0.25, 0.3) is 0 Å². The van der Waals surface area contributed by atoms with Gasteiger partial charge in [-0.1, -0.05) is 66.4 Å². The fourth-order valence-electron chi connectivity index (χ4n) is 4.85. The Balaban J connectivity index is 2.59. The van der Waals surface area contributed by atoms with Crippen molar-refractivity contribution in [2.45, 2.75) is 70.8 Å². The summed E-state index contributed by atoms with van der Waals surface area (Å²) >= 11 is 0. The van der Waals surface area contributed by atoms with Gasteiger partial charge in [-0.25, -0.2) is 0 Å². The van der Waals surface area contributed by atoms with E-state index in [4.69, 9.17) is 27.9 Å². The molecule has 0 aliphatic rings. The van der Waals surface area contributed by atoms with Gasteiger partial charge < -0.3 is 27.9 Å². The van der Waals surface area contributed by atoms with Gasteiger partial charge in [0.05, 0.1) is 0 Å². The van der Waals surface area contributed by atoms with E-state index >= 15 is 0 Å². The molecular weight excluding hydrogens is 557 g/mol. The Bertz CT molecular complexity index is 956. The lowest BCUT2D eigenvalue weighted by atomic mass is 10.4. The number of hydrogen-bond acceptors (Lipinski definition) is 6. The topological polar surface area (TPSA) is 89.0 Å². The summed E-state index contributed by atoms with van der Waals surface area (Å²) in [5, 5.41) is 2.14. The normalized spacial score (nSPS) is 14.8. The van der Waals surface area contributed by atoms with E-state index in [1.807, 2.05) is 17.8 Å². The molecule has 212 valence electrons. The molecule has 2 aromatic carbocycles. The first-order valence-electron chi connectivity index (χ1n) is 13.7. The summed E-state index contributed by atoms with van der Waals surface area (Å²) in [5.41, 5.74) is 13.6. The zero-order chi connectivity index (χ0) is 28.5. The second kappa shape index (κ2) is 14.1. The predicted molar refractivity (Wildman–Crippen MR) is 173 cm³/mol. The Morgan fingerprint density at radius 1 is 0.632 bits per heavy atom. The van der Waals surface area contributed by atoms with Gasteiger partial charge in [-0.3, -0.25) is 0 Å². The average molecular weight is 607 g/mol. The summed E-state index contributed by atoms with van der Waals surface area (Å²) < 4.78 is 28.4. The van der Waals surface area contributed by atoms with E-state index in [2.05, 4.69) is 101 Å². The second-order valence-corrected chi connectivity index (χ2v) is 30.6. The first kappa shape index (κ1) is 33.2. The van der Waals surface area contributed by atoms with Crippen molar-refractivity contribution in [2.24, 2.45) is 11.5 Å². The van der Waals surface area contributed by atoms with Crippen LogP contribution >= 0.6 is 0 Å². The van der Waals surface area contributed by atoms with Crippen LogP contribution in [0.5, 0.6) is 0 Å². The molecule has 38 heavy (non-hydrogen) atoms. The van der Waals surface area contributed by atoms with Gasteiger partial charge in [0.1, 0.15) is 0 Å². The van der Waals surface area contributed by atoms with Gasteiger partial charge in [0.15, 0.2) is 16.6 Å². The van der Waals surface area contributed by atoms with Gasteiger partial charge in [0, 0.05) is 0 Å². The van der Waals surface area contributed by atoms with Gasteiger partial charge in [-0.05, 0) is 94.2 Å². The number of nitrogens with two attached hydrogens (primary N) is 2. The number of benzene rings is 2. The van der Waals surface area contributed by atoms with Gasteiger partial charge in [0.2, 0.25) is 0 Å². The Kier molecular flexibility index (Phi) is 12.3. The lowest BCUT2D eigenvalue weighted by Crippen LogP contribution is -2.71. The zero-order valence-electron chi connectivity index (χ0n) is 24.6. The first-order valence-corrected chi connectivity index (χ1v) is 26.9. The predicted octanol–water partition coefficient (Wildman–Crippen LogP) is 4.92. The van der Waals surface area contributed by atoms with Crippen LogP contribution < -0.4 is 21.8 Å². The molecule has 0 aliphatic carbocycles. The van der Waals surface area contributed by atoms with Crippen molar-refractivity contribution in [3.63, 3.8) is 0 Å². The van der Waals surface area contributed by atoms with Gasteiger partial charge in [-0.15, -0.1) is 6.58 Å². The fraction of sp³-hybridized carbons (Fsp3) is 0.481. The van der Waals surface area contributed by atoms with Crippen molar-refractivity contribution < 1.29 is 16.5 Å². The molecule has 0 aliphatic heterocycles. The molecule has 0 radical (unpaired) electrons. The number of rotatable bonds is 17. The molecule has 0 heterocycles. The van der Waals surface area contributed by atoms with Crippen LogP contribution in [0.25, 0.3) is 0 Å². The molecule has 2 rings (SSSR count). The fourth-order valence-corrected chi connectivity index (χ4v) is 28.2. The highest BCUT2D eigenvalue weighted by Gasteiger charge is 2.53. The van der Waals surface area contributed by atoms with Crippen LogP contribution in [-0.4, -0.2) is 55.4 Å². The van der Waals surface area contributed by atoms with E-state index in [0.29, 0.717) is 13.1 Å². The van der Waals surface area contributed by atoms with Gasteiger partial charge >= 0.3 is 25.7 Å². The Morgan fingerprint density at radius 3 is 1.45 bits per heavy atom. The van der Waals surface area contributed by atoms with Crippen LogP contribution in [0, 0.1) is 0 Å². The Morgan fingerprint density at radius 2 is 1.05 bits per heavy atom. The molecule has 0 amide bonds. The van der Waals surface area contributed by atoms with Crippen molar-refractivity contribution in [2.75, 3.05) is 13.1 Å². The van der Waals surface area contributed by atoms with Crippen molar-refractivity contribution in [3.05, 3.63) is 72.9 Å². The van der Waals surface area contributed by atoms with Crippen LogP contribution in [0.4, 0.5) is 0 Å². The van der Waals surface area contributed by atoms with E-state index in [9.17, 15) is 0 Å². The number of hydrogen-bond donors (Lipinski definition) is 2. The largest absolute Gasteiger partial charge is 0.436 e. The van der Waals surface area contributed by atoms with Crippen molar-refractivity contribution in [1.29, 1.82) is 0 Å². The summed E-state index contributed by atoms with van der Waals surface area (Å²) in [7, 11) is -12.9. The molecule has 0 spiro atoms. The maximum atomic E-state index is 7.36. The standard InChI is InChI=1S/C27H50N2O4Si5/c1-9-37(8,32-36(6,7)30-34(2,3)24-16-22-28)33-38(26-18-12-10-13-19-26,27-20-14-11-15-21-27)31-35(4,5)25-17-23-29/h9-15,18-21H,1,16-17,22-25,28-29H2,2-8H3. The molecule has 2 aromatic rings. The van der Waals surface area contributed by atoms with E-state index in [-0.39, 0.29) is 0 Å². The van der Waals surface area contributed by atoms with Crippen molar-refractivity contribution in [1.82, 2.24) is 0 Å². The second-order valence-electron chi connectivity index (χ2n) is 11.7. The summed E-state index contributed by atoms with van der Waals surface area (Å²) in [6.45, 7) is 20.9. The molecule has 0 aromatic heterocycles. The highest BCUT2D eigenvalue weighted by Crippen LogP contribution is 2.29.